The van der Waals surface area contributed by atoms with E-state index in [9.17, 15) is 9.59 Å². The number of anilines is 1. The van der Waals surface area contributed by atoms with Crippen molar-refractivity contribution >= 4 is 47.6 Å². The number of halogens is 1. The van der Waals surface area contributed by atoms with Crippen molar-refractivity contribution in [1.82, 2.24) is 16.0 Å². The van der Waals surface area contributed by atoms with E-state index in [2.05, 4.69) is 26.3 Å². The number of benzene rings is 1. The molecule has 1 aromatic carbocycles. The van der Waals surface area contributed by atoms with E-state index in [1.54, 1.807) is 7.05 Å². The quantitative estimate of drug-likeness (QED) is 0.173. The first-order valence-corrected chi connectivity index (χ1v) is 10.6. The smallest absolute Gasteiger partial charge is 0.407 e. The van der Waals surface area contributed by atoms with Gasteiger partial charge in [0.25, 0.3) is 0 Å². The molecule has 1 aromatic rings. The number of amides is 2. The number of nitrogens with zero attached hydrogens (tertiary/aromatic N) is 1. The summed E-state index contributed by atoms with van der Waals surface area (Å²) in [6.45, 7) is 7.27. The van der Waals surface area contributed by atoms with E-state index in [4.69, 9.17) is 4.74 Å². The lowest BCUT2D eigenvalue weighted by Crippen LogP contribution is -2.39. The predicted octanol–water partition coefficient (Wildman–Crippen LogP) is 3.62. The number of hydrogen-bond donors (Lipinski definition) is 4. The highest BCUT2D eigenvalue weighted by atomic mass is 127. The summed E-state index contributed by atoms with van der Waals surface area (Å²) in [6, 6.07) is 7.82. The third-order valence-corrected chi connectivity index (χ3v) is 4.67. The van der Waals surface area contributed by atoms with Crippen molar-refractivity contribution < 1.29 is 14.3 Å². The predicted molar refractivity (Wildman–Crippen MR) is 135 cm³/mol. The van der Waals surface area contributed by atoms with Gasteiger partial charge >= 0.3 is 6.09 Å². The van der Waals surface area contributed by atoms with Crippen molar-refractivity contribution in [3.05, 3.63) is 29.8 Å². The summed E-state index contributed by atoms with van der Waals surface area (Å²) in [5.74, 6) is 0.958. The van der Waals surface area contributed by atoms with Gasteiger partial charge < -0.3 is 26.0 Å². The first kappa shape index (κ1) is 27.0. The maximum Gasteiger partial charge on any atom is 0.407 e. The van der Waals surface area contributed by atoms with Crippen molar-refractivity contribution in [1.29, 1.82) is 0 Å². The van der Waals surface area contributed by atoms with Crippen molar-refractivity contribution in [3.8, 4) is 0 Å². The number of hydrogen-bond acceptors (Lipinski definition) is 4. The van der Waals surface area contributed by atoms with Gasteiger partial charge in [-0.2, -0.15) is 0 Å². The molecule has 0 aromatic heterocycles. The number of guanidine groups is 1. The van der Waals surface area contributed by atoms with Gasteiger partial charge in [0.15, 0.2) is 5.96 Å². The fourth-order valence-electron chi connectivity index (χ4n) is 2.88. The SMILES string of the molecule is CN=C(NCCCNC(=O)OC(C)(C)C)NCc1cccc(NC(=O)C2CCC2)c1.I. The second-order valence-corrected chi connectivity index (χ2v) is 8.45. The van der Waals surface area contributed by atoms with E-state index in [-0.39, 0.29) is 35.8 Å². The summed E-state index contributed by atoms with van der Waals surface area (Å²) in [6.07, 6.45) is 3.45. The molecule has 0 spiro atoms. The van der Waals surface area contributed by atoms with Gasteiger partial charge in [-0.05, 0) is 57.7 Å². The molecule has 0 saturated heterocycles. The lowest BCUT2D eigenvalue weighted by Gasteiger charge is -2.24. The minimum Gasteiger partial charge on any atom is -0.444 e. The minimum atomic E-state index is -0.494. The van der Waals surface area contributed by atoms with Gasteiger partial charge in [-0.1, -0.05) is 18.6 Å². The van der Waals surface area contributed by atoms with E-state index < -0.39 is 11.7 Å². The Morgan fingerprint density at radius 1 is 1.13 bits per heavy atom. The zero-order valence-electron chi connectivity index (χ0n) is 18.9. The van der Waals surface area contributed by atoms with Crippen LogP contribution < -0.4 is 21.3 Å². The van der Waals surface area contributed by atoms with Crippen LogP contribution in [0.3, 0.4) is 0 Å². The molecular formula is C22H36IN5O3. The van der Waals surface area contributed by atoms with Crippen LogP contribution in [0.15, 0.2) is 29.3 Å². The van der Waals surface area contributed by atoms with Crippen molar-refractivity contribution in [2.75, 3.05) is 25.5 Å². The molecule has 9 heteroatoms. The van der Waals surface area contributed by atoms with Crippen molar-refractivity contribution in [2.45, 2.75) is 58.6 Å². The van der Waals surface area contributed by atoms with E-state index in [1.165, 1.54) is 0 Å². The van der Waals surface area contributed by atoms with Crippen LogP contribution in [-0.2, 0) is 16.1 Å². The Hall–Kier alpha value is -2.04. The molecule has 0 heterocycles. The van der Waals surface area contributed by atoms with E-state index in [0.717, 1.165) is 36.9 Å². The summed E-state index contributed by atoms with van der Waals surface area (Å²) >= 11 is 0. The Morgan fingerprint density at radius 3 is 2.45 bits per heavy atom. The third kappa shape index (κ3) is 10.7. The first-order chi connectivity index (χ1) is 14.3. The highest BCUT2D eigenvalue weighted by molar-refractivity contribution is 14.0. The van der Waals surface area contributed by atoms with Gasteiger partial charge in [-0.15, -0.1) is 24.0 Å². The highest BCUT2D eigenvalue weighted by Crippen LogP contribution is 2.27. The molecule has 2 amide bonds. The maximum absolute atomic E-state index is 12.1. The Morgan fingerprint density at radius 2 is 1.84 bits per heavy atom. The van der Waals surface area contributed by atoms with E-state index in [0.29, 0.717) is 25.6 Å². The van der Waals surface area contributed by atoms with Gasteiger partial charge in [-0.25, -0.2) is 4.79 Å². The molecule has 1 fully saturated rings. The Balaban J connectivity index is 0.00000480. The van der Waals surface area contributed by atoms with Gasteiger partial charge in [0.2, 0.25) is 5.91 Å². The van der Waals surface area contributed by atoms with Gasteiger partial charge in [0, 0.05) is 38.3 Å². The van der Waals surface area contributed by atoms with E-state index >= 15 is 0 Å². The average Bonchev–Trinajstić information content (AvgIpc) is 2.61. The average molecular weight is 545 g/mol. The number of aliphatic imine (C=N–C) groups is 1. The first-order valence-electron chi connectivity index (χ1n) is 10.6. The molecule has 4 N–H and O–H groups in total. The molecule has 0 bridgehead atoms. The van der Waals surface area contributed by atoms with Crippen LogP contribution >= 0.6 is 24.0 Å². The molecule has 31 heavy (non-hydrogen) atoms. The van der Waals surface area contributed by atoms with Crippen LogP contribution in [0.5, 0.6) is 0 Å². The molecular weight excluding hydrogens is 509 g/mol. The Kier molecular flexibility index (Phi) is 11.7. The summed E-state index contributed by atoms with van der Waals surface area (Å²) in [7, 11) is 1.71. The number of ether oxygens (including phenoxy) is 1. The monoisotopic (exact) mass is 545 g/mol. The molecule has 174 valence electrons. The van der Waals surface area contributed by atoms with Crippen LogP contribution in [0.1, 0.15) is 52.0 Å². The molecule has 0 radical (unpaired) electrons. The molecule has 0 atom stereocenters. The van der Waals surface area contributed by atoms with Crippen LogP contribution in [0.25, 0.3) is 0 Å². The van der Waals surface area contributed by atoms with Gasteiger partial charge in [-0.3, -0.25) is 9.79 Å². The lowest BCUT2D eigenvalue weighted by atomic mass is 9.85. The zero-order valence-corrected chi connectivity index (χ0v) is 21.2. The minimum absolute atomic E-state index is 0. The number of nitrogens with one attached hydrogen (secondary N) is 4. The van der Waals surface area contributed by atoms with Crippen LogP contribution in [0, 0.1) is 5.92 Å². The Bertz CT molecular complexity index is 745. The second-order valence-electron chi connectivity index (χ2n) is 8.45. The number of alkyl carbamates (subject to hydrolysis) is 1. The summed E-state index contributed by atoms with van der Waals surface area (Å²) < 4.78 is 5.20. The number of carbonyl (C=O) groups is 2. The molecule has 0 unspecified atom stereocenters. The summed E-state index contributed by atoms with van der Waals surface area (Å²) in [4.78, 5) is 27.9. The summed E-state index contributed by atoms with van der Waals surface area (Å²) in [5.41, 5.74) is 1.38. The zero-order chi connectivity index (χ0) is 22.0. The molecule has 2 rings (SSSR count). The number of rotatable bonds is 8. The maximum atomic E-state index is 12.1. The molecule has 1 aliphatic carbocycles. The Labute approximate surface area is 202 Å². The van der Waals surface area contributed by atoms with Gasteiger partial charge in [0.05, 0.1) is 0 Å². The standard InChI is InChI=1S/C22H35N5O3.HI/c1-22(2,3)30-21(29)25-13-7-12-24-20(23-4)26-15-16-8-5-11-18(14-16)27-19(28)17-9-6-10-17;/h5,8,11,14,17H,6-7,9-10,12-13,15H2,1-4H3,(H,25,29)(H,27,28)(H2,23,24,26);1H. The van der Waals surface area contributed by atoms with Crippen LogP contribution in [0.4, 0.5) is 10.5 Å². The molecule has 1 aliphatic rings. The summed E-state index contributed by atoms with van der Waals surface area (Å²) in [5, 5.41) is 12.2. The third-order valence-electron chi connectivity index (χ3n) is 4.67. The molecule has 0 aliphatic heterocycles. The van der Waals surface area contributed by atoms with Gasteiger partial charge in [0.1, 0.15) is 5.60 Å². The van der Waals surface area contributed by atoms with Crippen LogP contribution in [0.2, 0.25) is 0 Å². The topological polar surface area (TPSA) is 104 Å². The van der Waals surface area contributed by atoms with Crippen molar-refractivity contribution in [2.24, 2.45) is 10.9 Å². The number of carbonyl (C=O) groups excluding carboxylic acids is 2. The van der Waals surface area contributed by atoms with E-state index in [1.807, 2.05) is 45.0 Å². The normalized spacial score (nSPS) is 14.0. The molecule has 1 saturated carbocycles. The van der Waals surface area contributed by atoms with Crippen LogP contribution in [-0.4, -0.2) is 43.7 Å². The second kappa shape index (κ2) is 13.4. The van der Waals surface area contributed by atoms with Crippen molar-refractivity contribution in [3.63, 3.8) is 0 Å². The highest BCUT2D eigenvalue weighted by Gasteiger charge is 2.25. The lowest BCUT2D eigenvalue weighted by molar-refractivity contribution is -0.122. The molecule has 8 nitrogen and oxygen atoms in total. The largest absolute Gasteiger partial charge is 0.444 e. The fourth-order valence-corrected chi connectivity index (χ4v) is 2.88. The fraction of sp³-hybridized carbons (Fsp3) is 0.591.